The summed E-state index contributed by atoms with van der Waals surface area (Å²) in [6, 6.07) is 9.34. The van der Waals surface area contributed by atoms with Gasteiger partial charge in [-0.1, -0.05) is 32.0 Å². The van der Waals surface area contributed by atoms with E-state index in [9.17, 15) is 4.79 Å². The second-order valence-electron chi connectivity index (χ2n) is 5.50. The number of aryl methyl sites for hydroxylation is 1. The number of nitrogens with one attached hydrogen (secondary N) is 1. The number of aromatic nitrogens is 2. The molecular weight excluding hydrogens is 288 g/mol. The van der Waals surface area contributed by atoms with Crippen molar-refractivity contribution in [1.82, 2.24) is 9.97 Å². The molecule has 23 heavy (non-hydrogen) atoms. The van der Waals surface area contributed by atoms with Crippen LogP contribution < -0.4 is 10.2 Å². The van der Waals surface area contributed by atoms with Gasteiger partial charge in [0, 0.05) is 25.0 Å². The highest BCUT2D eigenvalue weighted by Gasteiger charge is 2.13. The predicted molar refractivity (Wildman–Crippen MR) is 94.0 cm³/mol. The number of anilines is 2. The average Bonchev–Trinajstić information content (AvgIpc) is 2.57. The summed E-state index contributed by atoms with van der Waals surface area (Å²) in [6.45, 7) is 7.98. The van der Waals surface area contributed by atoms with Gasteiger partial charge in [0.2, 0.25) is 5.95 Å². The van der Waals surface area contributed by atoms with Crippen LogP contribution in [-0.4, -0.2) is 29.0 Å². The van der Waals surface area contributed by atoms with Gasteiger partial charge in [0.15, 0.2) is 0 Å². The van der Waals surface area contributed by atoms with Crippen molar-refractivity contribution in [2.24, 2.45) is 0 Å². The van der Waals surface area contributed by atoms with Crippen LogP contribution in [-0.2, 0) is 0 Å². The van der Waals surface area contributed by atoms with Crippen LogP contribution in [0, 0.1) is 6.92 Å². The van der Waals surface area contributed by atoms with Crippen LogP contribution in [0.1, 0.15) is 42.7 Å². The van der Waals surface area contributed by atoms with Crippen LogP contribution in [0.25, 0.3) is 0 Å². The summed E-state index contributed by atoms with van der Waals surface area (Å²) in [4.78, 5) is 23.3. The Balaban J connectivity index is 2.18. The zero-order chi connectivity index (χ0) is 16.7. The first-order valence-electron chi connectivity index (χ1n) is 8.10. The molecule has 0 spiro atoms. The summed E-state index contributed by atoms with van der Waals surface area (Å²) in [5.41, 5.74) is 2.21. The largest absolute Gasteiger partial charge is 0.341 e. The van der Waals surface area contributed by atoms with E-state index in [0.29, 0.717) is 11.6 Å². The van der Waals surface area contributed by atoms with Gasteiger partial charge in [-0.25, -0.2) is 9.97 Å². The summed E-state index contributed by atoms with van der Waals surface area (Å²) in [5, 5.41) is 2.91. The molecule has 0 unspecified atom stereocenters. The van der Waals surface area contributed by atoms with Crippen LogP contribution in [0.3, 0.4) is 0 Å². The molecule has 2 rings (SSSR count). The van der Waals surface area contributed by atoms with Gasteiger partial charge in [0.05, 0.1) is 0 Å². The molecule has 0 atom stereocenters. The fourth-order valence-corrected chi connectivity index (χ4v) is 2.38. The number of rotatable bonds is 7. The molecule has 5 nitrogen and oxygen atoms in total. The van der Waals surface area contributed by atoms with E-state index in [2.05, 4.69) is 34.0 Å². The first kappa shape index (κ1) is 16.9. The van der Waals surface area contributed by atoms with Crippen molar-refractivity contribution in [2.75, 3.05) is 23.3 Å². The van der Waals surface area contributed by atoms with E-state index in [-0.39, 0.29) is 5.91 Å². The van der Waals surface area contributed by atoms with E-state index in [1.807, 2.05) is 31.2 Å². The number of benzene rings is 1. The van der Waals surface area contributed by atoms with E-state index in [0.717, 1.165) is 37.2 Å². The molecule has 1 amide bonds. The van der Waals surface area contributed by atoms with Gasteiger partial charge in [-0.2, -0.15) is 0 Å². The predicted octanol–water partition coefficient (Wildman–Crippen LogP) is 3.66. The minimum absolute atomic E-state index is 0.212. The molecule has 0 aliphatic heterocycles. The van der Waals surface area contributed by atoms with E-state index < -0.39 is 0 Å². The first-order valence-corrected chi connectivity index (χ1v) is 8.10. The fourth-order valence-electron chi connectivity index (χ4n) is 2.38. The number of hydrogen-bond donors (Lipinski definition) is 1. The van der Waals surface area contributed by atoms with Crippen LogP contribution in [0.5, 0.6) is 0 Å². The summed E-state index contributed by atoms with van der Waals surface area (Å²) < 4.78 is 0. The van der Waals surface area contributed by atoms with Crippen molar-refractivity contribution < 1.29 is 4.79 Å². The summed E-state index contributed by atoms with van der Waals surface area (Å²) in [5.74, 6) is 0.405. The Morgan fingerprint density at radius 2 is 1.83 bits per heavy atom. The van der Waals surface area contributed by atoms with Gasteiger partial charge in [-0.15, -0.1) is 0 Å². The molecule has 0 aliphatic rings. The molecule has 1 heterocycles. The second kappa shape index (κ2) is 8.27. The van der Waals surface area contributed by atoms with Crippen molar-refractivity contribution >= 4 is 17.5 Å². The SMILES string of the molecule is CCCN(CCC)c1nccc(C(=O)Nc2ccccc2C)n1. The fraction of sp³-hybridized carbons (Fsp3) is 0.389. The maximum Gasteiger partial charge on any atom is 0.274 e. The van der Waals surface area contributed by atoms with Gasteiger partial charge in [0.25, 0.3) is 5.91 Å². The minimum atomic E-state index is -0.212. The molecule has 0 aliphatic carbocycles. The lowest BCUT2D eigenvalue weighted by molar-refractivity contribution is 0.102. The number of para-hydroxylation sites is 1. The summed E-state index contributed by atoms with van der Waals surface area (Å²) >= 11 is 0. The molecule has 1 N–H and O–H groups in total. The number of carbonyl (C=O) groups excluding carboxylic acids is 1. The van der Waals surface area contributed by atoms with Crippen LogP contribution >= 0.6 is 0 Å². The third-order valence-corrected chi connectivity index (χ3v) is 3.54. The molecule has 0 bridgehead atoms. The number of hydrogen-bond acceptors (Lipinski definition) is 4. The molecule has 0 saturated heterocycles. The topological polar surface area (TPSA) is 58.1 Å². The third kappa shape index (κ3) is 4.52. The molecule has 1 aromatic carbocycles. The zero-order valence-electron chi connectivity index (χ0n) is 14.0. The quantitative estimate of drug-likeness (QED) is 0.847. The van der Waals surface area contributed by atoms with Crippen LogP contribution in [0.4, 0.5) is 11.6 Å². The average molecular weight is 312 g/mol. The monoisotopic (exact) mass is 312 g/mol. The Morgan fingerprint density at radius 1 is 1.13 bits per heavy atom. The Hall–Kier alpha value is -2.43. The molecule has 1 aromatic heterocycles. The zero-order valence-corrected chi connectivity index (χ0v) is 14.0. The van der Waals surface area contributed by atoms with Gasteiger partial charge in [-0.3, -0.25) is 4.79 Å². The van der Waals surface area contributed by atoms with Crippen molar-refractivity contribution in [1.29, 1.82) is 0 Å². The van der Waals surface area contributed by atoms with Gasteiger partial charge < -0.3 is 10.2 Å². The molecule has 0 radical (unpaired) electrons. The highest BCUT2D eigenvalue weighted by molar-refractivity contribution is 6.03. The highest BCUT2D eigenvalue weighted by atomic mass is 16.1. The minimum Gasteiger partial charge on any atom is -0.341 e. The molecular formula is C18H24N4O. The van der Waals surface area contributed by atoms with E-state index in [1.54, 1.807) is 12.3 Å². The first-order chi connectivity index (χ1) is 11.2. The van der Waals surface area contributed by atoms with E-state index in [4.69, 9.17) is 0 Å². The van der Waals surface area contributed by atoms with Crippen molar-refractivity contribution in [3.63, 3.8) is 0 Å². The summed E-state index contributed by atoms with van der Waals surface area (Å²) in [7, 11) is 0. The molecule has 5 heteroatoms. The standard InChI is InChI=1S/C18H24N4O/c1-4-12-22(13-5-2)18-19-11-10-16(21-18)17(23)20-15-9-7-6-8-14(15)3/h6-11H,4-5,12-13H2,1-3H3,(H,20,23). The Bertz CT molecular complexity index is 651. The van der Waals surface area contributed by atoms with Crippen molar-refractivity contribution in [3.05, 3.63) is 47.8 Å². The maximum absolute atomic E-state index is 12.4. The Kier molecular flexibility index (Phi) is 6.09. The Morgan fingerprint density at radius 3 is 2.48 bits per heavy atom. The molecule has 0 fully saturated rings. The van der Waals surface area contributed by atoms with Gasteiger partial charge in [0.1, 0.15) is 5.69 Å². The van der Waals surface area contributed by atoms with Crippen LogP contribution in [0.15, 0.2) is 36.5 Å². The molecule has 122 valence electrons. The smallest absolute Gasteiger partial charge is 0.274 e. The second-order valence-corrected chi connectivity index (χ2v) is 5.50. The lowest BCUT2D eigenvalue weighted by atomic mass is 10.2. The lowest BCUT2D eigenvalue weighted by Gasteiger charge is -2.21. The highest BCUT2D eigenvalue weighted by Crippen LogP contribution is 2.15. The number of nitrogens with zero attached hydrogens (tertiary/aromatic N) is 3. The van der Waals surface area contributed by atoms with E-state index in [1.165, 1.54) is 0 Å². The molecule has 0 saturated carbocycles. The number of amides is 1. The summed E-state index contributed by atoms with van der Waals surface area (Å²) in [6.07, 6.45) is 3.68. The van der Waals surface area contributed by atoms with Crippen molar-refractivity contribution in [3.8, 4) is 0 Å². The Labute approximate surface area is 137 Å². The van der Waals surface area contributed by atoms with Crippen LogP contribution in [0.2, 0.25) is 0 Å². The third-order valence-electron chi connectivity index (χ3n) is 3.54. The lowest BCUT2D eigenvalue weighted by Crippen LogP contribution is -2.28. The van der Waals surface area contributed by atoms with Gasteiger partial charge >= 0.3 is 0 Å². The van der Waals surface area contributed by atoms with Gasteiger partial charge in [-0.05, 0) is 37.5 Å². The van der Waals surface area contributed by atoms with Crippen molar-refractivity contribution in [2.45, 2.75) is 33.6 Å². The normalized spacial score (nSPS) is 10.4. The number of carbonyl (C=O) groups is 1. The van der Waals surface area contributed by atoms with E-state index >= 15 is 0 Å². The maximum atomic E-state index is 12.4. The molecule has 2 aromatic rings.